The molecule has 0 fully saturated rings. The summed E-state index contributed by atoms with van der Waals surface area (Å²) in [5.41, 5.74) is 6.22. The van der Waals surface area contributed by atoms with Crippen LogP contribution in [-0.4, -0.2) is 10.9 Å². The Morgan fingerprint density at radius 2 is 1.44 bits per heavy atom. The fraction of sp³-hybridized carbons (Fsp3) is 0.0714. The number of oxazole rings is 1. The molecule has 1 N–H and O–H groups in total. The van der Waals surface area contributed by atoms with Crippen LogP contribution in [0.4, 0.5) is 5.69 Å². The SMILES string of the molecule is Cc1ccc2nc(-c3ccc(NC(=O)C(c4ccccc4)c4ccccc4)cc3)oc2c1. The summed E-state index contributed by atoms with van der Waals surface area (Å²) >= 11 is 0. The molecule has 0 aliphatic heterocycles. The van der Waals surface area contributed by atoms with E-state index in [1.54, 1.807) is 0 Å². The third-order valence-corrected chi connectivity index (χ3v) is 5.47. The van der Waals surface area contributed by atoms with Gasteiger partial charge in [0.05, 0.1) is 5.92 Å². The maximum atomic E-state index is 13.3. The summed E-state index contributed by atoms with van der Waals surface area (Å²) < 4.78 is 5.91. The average Bonchev–Trinajstić information content (AvgIpc) is 3.24. The summed E-state index contributed by atoms with van der Waals surface area (Å²) in [7, 11) is 0. The summed E-state index contributed by atoms with van der Waals surface area (Å²) in [6, 6.07) is 33.2. The fourth-order valence-electron chi connectivity index (χ4n) is 3.85. The van der Waals surface area contributed by atoms with Crippen molar-refractivity contribution in [1.82, 2.24) is 4.98 Å². The topological polar surface area (TPSA) is 55.1 Å². The van der Waals surface area contributed by atoms with E-state index in [9.17, 15) is 4.79 Å². The van der Waals surface area contributed by atoms with Crippen LogP contribution in [0.2, 0.25) is 0 Å². The summed E-state index contributed by atoms with van der Waals surface area (Å²) in [6.45, 7) is 2.03. The lowest BCUT2D eigenvalue weighted by Crippen LogP contribution is -2.22. The second kappa shape index (κ2) is 8.52. The smallest absolute Gasteiger partial charge is 0.236 e. The molecule has 1 amide bonds. The molecular weight excluding hydrogens is 396 g/mol. The van der Waals surface area contributed by atoms with Crippen LogP contribution in [0.15, 0.2) is 108 Å². The molecule has 0 saturated heterocycles. The molecule has 0 spiro atoms. The number of benzene rings is 4. The quantitative estimate of drug-likeness (QED) is 0.351. The number of hydrogen-bond donors (Lipinski definition) is 1. The fourth-order valence-corrected chi connectivity index (χ4v) is 3.85. The van der Waals surface area contributed by atoms with E-state index in [0.29, 0.717) is 5.89 Å². The Hall–Kier alpha value is -4.18. The number of aromatic nitrogens is 1. The predicted molar refractivity (Wildman–Crippen MR) is 128 cm³/mol. The molecule has 0 saturated carbocycles. The highest BCUT2D eigenvalue weighted by Crippen LogP contribution is 2.28. The molecule has 0 aliphatic carbocycles. The van der Waals surface area contributed by atoms with E-state index in [1.165, 1.54) is 0 Å². The van der Waals surface area contributed by atoms with E-state index >= 15 is 0 Å². The van der Waals surface area contributed by atoms with Crippen LogP contribution in [0.5, 0.6) is 0 Å². The van der Waals surface area contributed by atoms with E-state index in [4.69, 9.17) is 4.42 Å². The van der Waals surface area contributed by atoms with Crippen LogP contribution >= 0.6 is 0 Å². The molecule has 0 radical (unpaired) electrons. The number of hydrogen-bond acceptors (Lipinski definition) is 3. The molecule has 4 nitrogen and oxygen atoms in total. The molecule has 0 bridgehead atoms. The largest absolute Gasteiger partial charge is 0.436 e. The summed E-state index contributed by atoms with van der Waals surface area (Å²) in [5.74, 6) is 0.0970. The maximum Gasteiger partial charge on any atom is 0.236 e. The van der Waals surface area contributed by atoms with Crippen LogP contribution in [-0.2, 0) is 4.79 Å². The van der Waals surface area contributed by atoms with Gasteiger partial charge in [0, 0.05) is 11.3 Å². The Labute approximate surface area is 186 Å². The molecule has 5 aromatic rings. The van der Waals surface area contributed by atoms with Crippen molar-refractivity contribution in [2.45, 2.75) is 12.8 Å². The molecule has 0 aliphatic rings. The third-order valence-electron chi connectivity index (χ3n) is 5.47. The lowest BCUT2D eigenvalue weighted by Gasteiger charge is -2.18. The molecule has 5 rings (SSSR count). The average molecular weight is 418 g/mol. The summed E-state index contributed by atoms with van der Waals surface area (Å²) in [6.07, 6.45) is 0. The number of rotatable bonds is 5. The zero-order valence-electron chi connectivity index (χ0n) is 17.7. The van der Waals surface area contributed by atoms with Crippen molar-refractivity contribution in [1.29, 1.82) is 0 Å². The highest BCUT2D eigenvalue weighted by molar-refractivity contribution is 5.98. The summed E-state index contributed by atoms with van der Waals surface area (Å²) in [5, 5.41) is 3.06. The Kier molecular flexibility index (Phi) is 5.26. The molecule has 0 unspecified atom stereocenters. The highest BCUT2D eigenvalue weighted by Gasteiger charge is 2.22. The maximum absolute atomic E-state index is 13.3. The number of carbonyl (C=O) groups excluding carboxylic acids is 1. The second-order valence-corrected chi connectivity index (χ2v) is 7.81. The van der Waals surface area contributed by atoms with Gasteiger partial charge < -0.3 is 9.73 Å². The van der Waals surface area contributed by atoms with Crippen molar-refractivity contribution >= 4 is 22.7 Å². The van der Waals surface area contributed by atoms with Gasteiger partial charge in [-0.15, -0.1) is 0 Å². The molecule has 1 aromatic heterocycles. The van der Waals surface area contributed by atoms with Gasteiger partial charge in [-0.25, -0.2) is 4.98 Å². The lowest BCUT2D eigenvalue weighted by molar-refractivity contribution is -0.116. The normalized spacial score (nSPS) is 11.1. The van der Waals surface area contributed by atoms with Crippen molar-refractivity contribution in [2.75, 3.05) is 5.32 Å². The first kappa shape index (κ1) is 19.8. The number of amides is 1. The Bertz CT molecular complexity index is 1320. The number of nitrogens with zero attached hydrogens (tertiary/aromatic N) is 1. The van der Waals surface area contributed by atoms with E-state index in [2.05, 4.69) is 10.3 Å². The van der Waals surface area contributed by atoms with E-state index in [-0.39, 0.29) is 5.91 Å². The van der Waals surface area contributed by atoms with Crippen LogP contribution in [0.25, 0.3) is 22.6 Å². The number of aryl methyl sites for hydroxylation is 1. The van der Waals surface area contributed by atoms with Gasteiger partial charge in [0.25, 0.3) is 0 Å². The first-order chi connectivity index (χ1) is 15.7. The Morgan fingerprint density at radius 1 is 0.812 bits per heavy atom. The minimum Gasteiger partial charge on any atom is -0.436 e. The van der Waals surface area contributed by atoms with Crippen molar-refractivity contribution < 1.29 is 9.21 Å². The Morgan fingerprint density at radius 3 is 2.06 bits per heavy atom. The molecule has 0 atom stereocenters. The standard InChI is InChI=1S/C28H22N2O2/c1-19-12-17-24-25(18-19)32-28(30-24)22-13-15-23(16-14-22)29-27(31)26(20-8-4-2-5-9-20)21-10-6-3-7-11-21/h2-18,26H,1H3,(H,29,31). The van der Waals surface area contributed by atoms with Gasteiger partial charge >= 0.3 is 0 Å². The van der Waals surface area contributed by atoms with Gasteiger partial charge in [0.15, 0.2) is 5.58 Å². The molecule has 4 aromatic carbocycles. The number of anilines is 1. The van der Waals surface area contributed by atoms with Crippen LogP contribution in [0, 0.1) is 6.92 Å². The highest BCUT2D eigenvalue weighted by atomic mass is 16.3. The van der Waals surface area contributed by atoms with Crippen LogP contribution in [0.1, 0.15) is 22.6 Å². The predicted octanol–water partition coefficient (Wildman–Crippen LogP) is 6.57. The molecular formula is C28H22N2O2. The zero-order valence-corrected chi connectivity index (χ0v) is 17.7. The zero-order chi connectivity index (χ0) is 21.9. The molecule has 32 heavy (non-hydrogen) atoms. The lowest BCUT2D eigenvalue weighted by atomic mass is 9.90. The molecule has 4 heteroatoms. The monoisotopic (exact) mass is 418 g/mol. The van der Waals surface area contributed by atoms with Crippen LogP contribution in [0.3, 0.4) is 0 Å². The van der Waals surface area contributed by atoms with E-state index < -0.39 is 5.92 Å². The first-order valence-corrected chi connectivity index (χ1v) is 10.6. The van der Waals surface area contributed by atoms with Crippen molar-refractivity contribution in [3.05, 3.63) is 120 Å². The molecule has 1 heterocycles. The van der Waals surface area contributed by atoms with E-state index in [0.717, 1.165) is 39.0 Å². The first-order valence-electron chi connectivity index (χ1n) is 10.6. The van der Waals surface area contributed by atoms with Crippen LogP contribution < -0.4 is 5.32 Å². The third kappa shape index (κ3) is 4.03. The van der Waals surface area contributed by atoms with E-state index in [1.807, 2.05) is 110 Å². The Balaban J connectivity index is 1.39. The van der Waals surface area contributed by atoms with Gasteiger partial charge in [0.2, 0.25) is 11.8 Å². The van der Waals surface area contributed by atoms with Crippen molar-refractivity contribution in [3.63, 3.8) is 0 Å². The van der Waals surface area contributed by atoms with Gasteiger partial charge in [-0.05, 0) is 60.0 Å². The van der Waals surface area contributed by atoms with Crippen molar-refractivity contribution in [2.24, 2.45) is 0 Å². The summed E-state index contributed by atoms with van der Waals surface area (Å²) in [4.78, 5) is 17.8. The minimum absolute atomic E-state index is 0.0764. The number of carbonyl (C=O) groups is 1. The van der Waals surface area contributed by atoms with Crippen molar-refractivity contribution in [3.8, 4) is 11.5 Å². The molecule has 156 valence electrons. The van der Waals surface area contributed by atoms with Gasteiger partial charge in [-0.3, -0.25) is 4.79 Å². The van der Waals surface area contributed by atoms with Gasteiger partial charge in [-0.1, -0.05) is 66.7 Å². The minimum atomic E-state index is -0.391. The number of fused-ring (bicyclic) bond motifs is 1. The number of nitrogens with one attached hydrogen (secondary N) is 1. The van der Waals surface area contributed by atoms with Gasteiger partial charge in [0.1, 0.15) is 5.52 Å². The second-order valence-electron chi connectivity index (χ2n) is 7.81. The van der Waals surface area contributed by atoms with Gasteiger partial charge in [-0.2, -0.15) is 0 Å².